The van der Waals surface area contributed by atoms with Gasteiger partial charge >= 0.3 is 12.1 Å². The lowest BCUT2D eigenvalue weighted by Crippen LogP contribution is -2.45. The number of unbranched alkanes of at least 4 members (excludes halogenated alkanes) is 1. The molecule has 1 aromatic carbocycles. The molecule has 1 aromatic rings. The number of likely N-dealkylation sites (tertiary alicyclic amines) is 1. The molecule has 30 heavy (non-hydrogen) atoms. The molecule has 1 amide bonds. The van der Waals surface area contributed by atoms with Gasteiger partial charge in [-0.2, -0.15) is 0 Å². The number of hydrogen-bond donors (Lipinski definition) is 1. The number of esters is 1. The number of methoxy groups -OCH3 is 1. The first kappa shape index (κ1) is 23.7. The monoisotopic (exact) mass is 419 g/mol. The van der Waals surface area contributed by atoms with Crippen molar-refractivity contribution in [2.24, 2.45) is 0 Å². The zero-order valence-electron chi connectivity index (χ0n) is 18.3. The molecule has 1 heterocycles. The van der Waals surface area contributed by atoms with Crippen LogP contribution in [0, 0.1) is 0 Å². The van der Waals surface area contributed by atoms with Gasteiger partial charge < -0.3 is 24.2 Å². The highest BCUT2D eigenvalue weighted by Gasteiger charge is 2.36. The zero-order valence-corrected chi connectivity index (χ0v) is 18.3. The summed E-state index contributed by atoms with van der Waals surface area (Å²) >= 11 is 0. The smallest absolute Gasteiger partial charge is 0.410 e. The van der Waals surface area contributed by atoms with E-state index in [1.165, 1.54) is 7.11 Å². The molecule has 0 radical (unpaired) electrons. The van der Waals surface area contributed by atoms with Crippen molar-refractivity contribution in [3.63, 3.8) is 0 Å². The number of carbonyl (C=O) groups is 2. The number of ether oxygens (including phenoxy) is 3. The van der Waals surface area contributed by atoms with Gasteiger partial charge in [0.25, 0.3) is 0 Å². The van der Waals surface area contributed by atoms with Crippen LogP contribution in [0.2, 0.25) is 0 Å². The van der Waals surface area contributed by atoms with E-state index in [0.717, 1.165) is 18.4 Å². The number of piperidine rings is 1. The molecule has 7 nitrogen and oxygen atoms in total. The first-order chi connectivity index (χ1) is 14.2. The highest BCUT2D eigenvalue weighted by Crippen LogP contribution is 2.38. The third kappa shape index (κ3) is 6.49. The van der Waals surface area contributed by atoms with E-state index in [1.807, 2.05) is 26.8 Å². The fourth-order valence-corrected chi connectivity index (χ4v) is 3.37. The van der Waals surface area contributed by atoms with E-state index < -0.39 is 29.8 Å². The summed E-state index contributed by atoms with van der Waals surface area (Å²) in [5.74, 6) is 0.0276. The Morgan fingerprint density at radius 1 is 1.33 bits per heavy atom. The Kier molecular flexibility index (Phi) is 8.29. The first-order valence-corrected chi connectivity index (χ1v) is 10.3. The Morgan fingerprint density at radius 2 is 2.07 bits per heavy atom. The van der Waals surface area contributed by atoms with Crippen LogP contribution in [0.15, 0.2) is 30.9 Å². The van der Waals surface area contributed by atoms with Crippen LogP contribution in [0.25, 0.3) is 0 Å². The van der Waals surface area contributed by atoms with Gasteiger partial charge in [-0.25, -0.2) is 9.59 Å². The molecule has 0 bridgehead atoms. The molecule has 0 aliphatic carbocycles. The van der Waals surface area contributed by atoms with Crippen molar-refractivity contribution in [3.05, 3.63) is 42.0 Å². The zero-order chi connectivity index (χ0) is 22.3. The summed E-state index contributed by atoms with van der Waals surface area (Å²) in [7, 11) is 1.32. The van der Waals surface area contributed by atoms with Crippen LogP contribution in [0.3, 0.4) is 0 Å². The van der Waals surface area contributed by atoms with Gasteiger partial charge in [0.1, 0.15) is 11.4 Å². The minimum atomic E-state index is -0.629. The van der Waals surface area contributed by atoms with Crippen LogP contribution in [0.4, 0.5) is 4.79 Å². The Balaban J connectivity index is 2.38. The molecule has 0 saturated carbocycles. The molecule has 2 rings (SSSR count). The Bertz CT molecular complexity index is 755. The van der Waals surface area contributed by atoms with Crippen molar-refractivity contribution in [2.45, 2.75) is 64.2 Å². The molecule has 1 fully saturated rings. The predicted molar refractivity (Wildman–Crippen MR) is 114 cm³/mol. The van der Waals surface area contributed by atoms with Gasteiger partial charge in [0, 0.05) is 12.1 Å². The van der Waals surface area contributed by atoms with Crippen molar-refractivity contribution in [3.8, 4) is 5.75 Å². The lowest BCUT2D eigenvalue weighted by Gasteiger charge is -2.39. The third-order valence-electron chi connectivity index (χ3n) is 4.81. The largest absolute Gasteiger partial charge is 0.493 e. The Hall–Kier alpha value is -2.54. The first-order valence-electron chi connectivity index (χ1n) is 10.3. The fourth-order valence-electron chi connectivity index (χ4n) is 3.37. The van der Waals surface area contributed by atoms with Crippen LogP contribution >= 0.6 is 0 Å². The van der Waals surface area contributed by atoms with Crippen molar-refractivity contribution in [1.82, 2.24) is 4.90 Å². The summed E-state index contributed by atoms with van der Waals surface area (Å²) in [6.07, 6.45) is 3.26. The number of amides is 1. The van der Waals surface area contributed by atoms with E-state index >= 15 is 0 Å². The van der Waals surface area contributed by atoms with Crippen molar-refractivity contribution in [1.29, 1.82) is 0 Å². The summed E-state index contributed by atoms with van der Waals surface area (Å²) in [6.45, 7) is 9.97. The maximum Gasteiger partial charge on any atom is 0.410 e. The van der Waals surface area contributed by atoms with Gasteiger partial charge in [-0.05, 0) is 58.6 Å². The molecule has 0 unspecified atom stereocenters. The summed E-state index contributed by atoms with van der Waals surface area (Å²) in [6, 6.07) is 4.61. The number of allylic oxidation sites excluding steroid dienone is 1. The highest BCUT2D eigenvalue weighted by molar-refractivity contribution is 5.90. The van der Waals surface area contributed by atoms with E-state index in [2.05, 4.69) is 6.58 Å². The second-order valence-corrected chi connectivity index (χ2v) is 8.39. The highest BCUT2D eigenvalue weighted by atomic mass is 16.6. The second-order valence-electron chi connectivity index (χ2n) is 8.39. The normalized spacial score (nSPS) is 19.2. The molecule has 1 aliphatic rings. The van der Waals surface area contributed by atoms with E-state index in [0.29, 0.717) is 37.3 Å². The molecule has 1 saturated heterocycles. The summed E-state index contributed by atoms with van der Waals surface area (Å²) in [5.41, 5.74) is 0.460. The van der Waals surface area contributed by atoms with E-state index in [1.54, 1.807) is 23.1 Å². The minimum Gasteiger partial charge on any atom is -0.493 e. The van der Waals surface area contributed by atoms with Crippen molar-refractivity contribution in [2.75, 3.05) is 20.3 Å². The summed E-state index contributed by atoms with van der Waals surface area (Å²) in [5, 5.41) is 10.3. The molecule has 7 heteroatoms. The molecule has 2 atom stereocenters. The predicted octanol–water partition coefficient (Wildman–Crippen LogP) is 4.25. The number of benzene rings is 1. The van der Waals surface area contributed by atoms with Gasteiger partial charge in [0.2, 0.25) is 0 Å². The molecular formula is C23H33NO6. The molecular weight excluding hydrogens is 386 g/mol. The number of rotatable bonds is 7. The number of hydrogen-bond acceptors (Lipinski definition) is 6. The van der Waals surface area contributed by atoms with E-state index in [9.17, 15) is 14.7 Å². The van der Waals surface area contributed by atoms with Gasteiger partial charge in [0.15, 0.2) is 0 Å². The number of aliphatic hydroxyl groups is 1. The molecule has 166 valence electrons. The van der Waals surface area contributed by atoms with E-state index in [-0.39, 0.29) is 0 Å². The molecule has 0 spiro atoms. The maximum absolute atomic E-state index is 12.8. The quantitative estimate of drug-likeness (QED) is 0.404. The van der Waals surface area contributed by atoms with Gasteiger partial charge in [-0.1, -0.05) is 12.1 Å². The number of carbonyl (C=O) groups excluding carboxylic acids is 2. The fraction of sp³-hybridized carbons (Fsp3) is 0.565. The van der Waals surface area contributed by atoms with Crippen LogP contribution in [0.1, 0.15) is 68.4 Å². The van der Waals surface area contributed by atoms with Crippen molar-refractivity contribution < 1.29 is 28.9 Å². The van der Waals surface area contributed by atoms with Gasteiger partial charge in [0.05, 0.1) is 31.4 Å². The van der Waals surface area contributed by atoms with Crippen molar-refractivity contribution >= 4 is 12.1 Å². The summed E-state index contributed by atoms with van der Waals surface area (Å²) < 4.78 is 16.4. The number of aliphatic hydroxyl groups excluding tert-OH is 1. The minimum absolute atomic E-state index is 0.361. The second kappa shape index (κ2) is 10.5. The van der Waals surface area contributed by atoms with E-state index in [4.69, 9.17) is 14.2 Å². The number of nitrogens with zero attached hydrogens (tertiary/aromatic N) is 1. The standard InChI is InChI=1S/C23H33NO6/c1-6-7-8-13-29-20-14-16(21(26)28-5)9-10-18(20)19-15-17(25)11-12-24(19)22(27)30-23(2,3)4/h6,9-10,14,17,19,25H,1,7-8,11-13,15H2,2-5H3/t17-,19-/m0/s1. The Morgan fingerprint density at radius 3 is 2.70 bits per heavy atom. The topological polar surface area (TPSA) is 85.3 Å². The molecule has 1 aliphatic heterocycles. The lowest BCUT2D eigenvalue weighted by atomic mass is 9.92. The lowest BCUT2D eigenvalue weighted by molar-refractivity contribution is -0.00886. The SMILES string of the molecule is C=CCCCOc1cc(C(=O)OC)ccc1[C@@H]1C[C@@H](O)CCN1C(=O)OC(C)(C)C. The maximum atomic E-state index is 12.8. The van der Waals surface area contributed by atoms with Crippen LogP contribution in [0.5, 0.6) is 5.75 Å². The molecule has 1 N–H and O–H groups in total. The van der Waals surface area contributed by atoms with Crippen LogP contribution < -0.4 is 4.74 Å². The average molecular weight is 420 g/mol. The van der Waals surface area contributed by atoms with Gasteiger partial charge in [-0.15, -0.1) is 6.58 Å². The Labute approximate surface area is 178 Å². The van der Waals surface area contributed by atoms with Crippen LogP contribution in [-0.2, 0) is 9.47 Å². The average Bonchev–Trinajstić information content (AvgIpc) is 2.69. The van der Waals surface area contributed by atoms with Gasteiger partial charge in [-0.3, -0.25) is 0 Å². The third-order valence-corrected chi connectivity index (χ3v) is 4.81. The molecule has 0 aromatic heterocycles. The van der Waals surface area contributed by atoms with Crippen LogP contribution in [-0.4, -0.2) is 54.0 Å². The summed E-state index contributed by atoms with van der Waals surface area (Å²) in [4.78, 5) is 26.5.